The summed E-state index contributed by atoms with van der Waals surface area (Å²) in [6.45, 7) is 9.69. The molecule has 176 valence electrons. The number of ether oxygens (including phenoxy) is 1. The van der Waals surface area contributed by atoms with E-state index in [1.165, 1.54) is 5.56 Å². The monoisotopic (exact) mass is 460 g/mol. The topological polar surface area (TPSA) is 65.1 Å². The number of urea groups is 1. The zero-order chi connectivity index (χ0) is 22.8. The smallest absolute Gasteiger partial charge is 0.409 e. The second-order valence-electron chi connectivity index (χ2n) is 8.57. The Hall–Kier alpha value is -2.24. The normalized spacial score (nSPS) is 17.7. The predicted octanol–water partition coefficient (Wildman–Crippen LogP) is 3.62. The summed E-state index contributed by atoms with van der Waals surface area (Å²) in [5, 5.41) is 7.50. The van der Waals surface area contributed by atoms with Gasteiger partial charge in [-0.05, 0) is 67.8 Å². The van der Waals surface area contributed by atoms with Crippen LogP contribution in [0.2, 0.25) is 0 Å². The number of hydrogen-bond acceptors (Lipinski definition) is 5. The van der Waals surface area contributed by atoms with Gasteiger partial charge in [0.05, 0.1) is 13.2 Å². The van der Waals surface area contributed by atoms with E-state index in [2.05, 4.69) is 38.9 Å². The van der Waals surface area contributed by atoms with E-state index in [1.54, 1.807) is 16.2 Å². The van der Waals surface area contributed by atoms with Crippen LogP contribution in [0.5, 0.6) is 0 Å². The summed E-state index contributed by atoms with van der Waals surface area (Å²) < 4.78 is 5.06. The summed E-state index contributed by atoms with van der Waals surface area (Å²) in [5.74, 6) is 6.81. The fourth-order valence-electron chi connectivity index (χ4n) is 4.39. The van der Waals surface area contributed by atoms with Crippen molar-refractivity contribution in [2.75, 3.05) is 45.9 Å². The third-order valence-electron chi connectivity index (χ3n) is 6.23. The van der Waals surface area contributed by atoms with Crippen molar-refractivity contribution in [3.63, 3.8) is 0 Å². The fraction of sp³-hybridized carbons (Fsp3) is 0.667. The Bertz CT molecular complexity index is 773. The lowest BCUT2D eigenvalue weighted by Crippen LogP contribution is -2.52. The lowest BCUT2D eigenvalue weighted by Gasteiger charge is -2.36. The quantitative estimate of drug-likeness (QED) is 0.632. The van der Waals surface area contributed by atoms with Crippen molar-refractivity contribution in [1.29, 1.82) is 0 Å². The van der Waals surface area contributed by atoms with Crippen LogP contribution in [0.4, 0.5) is 9.59 Å². The highest BCUT2D eigenvalue weighted by Crippen LogP contribution is 2.21. The molecule has 1 aromatic heterocycles. The van der Waals surface area contributed by atoms with Crippen LogP contribution in [0.15, 0.2) is 16.8 Å². The fourth-order valence-corrected chi connectivity index (χ4v) is 5.05. The SMILES string of the molecule is CC#CCN(Cc1ccsc1)CC1CCN(C(=O)NC2CCN(C(=O)OCC)CC2)CC1. The molecule has 2 aliphatic rings. The van der Waals surface area contributed by atoms with Gasteiger partial charge in [-0.25, -0.2) is 9.59 Å². The molecule has 0 atom stereocenters. The Morgan fingerprint density at radius 2 is 1.91 bits per heavy atom. The number of nitrogens with zero attached hydrogens (tertiary/aromatic N) is 3. The zero-order valence-electron chi connectivity index (χ0n) is 19.3. The van der Waals surface area contributed by atoms with E-state index in [1.807, 2.05) is 18.7 Å². The van der Waals surface area contributed by atoms with E-state index >= 15 is 0 Å². The van der Waals surface area contributed by atoms with Crippen molar-refractivity contribution >= 4 is 23.5 Å². The molecule has 0 bridgehead atoms. The lowest BCUT2D eigenvalue weighted by atomic mass is 9.96. The van der Waals surface area contributed by atoms with Crippen molar-refractivity contribution in [2.45, 2.75) is 52.1 Å². The molecule has 2 aliphatic heterocycles. The first-order chi connectivity index (χ1) is 15.6. The van der Waals surface area contributed by atoms with Gasteiger partial charge in [-0.15, -0.1) is 5.92 Å². The van der Waals surface area contributed by atoms with E-state index in [4.69, 9.17) is 4.74 Å². The molecule has 0 aliphatic carbocycles. The minimum absolute atomic E-state index is 0.0324. The molecule has 2 fully saturated rings. The van der Waals surface area contributed by atoms with Crippen LogP contribution >= 0.6 is 11.3 Å². The van der Waals surface area contributed by atoms with Crippen molar-refractivity contribution in [3.05, 3.63) is 22.4 Å². The molecule has 1 aromatic rings. The average molecular weight is 461 g/mol. The molecule has 0 unspecified atom stereocenters. The standard InChI is InChI=1S/C24H36N4O3S/c1-3-5-11-26(18-21-10-16-32-19-21)17-20-6-12-27(13-7-20)23(29)25-22-8-14-28(15-9-22)24(30)31-4-2/h10,16,19-20,22H,4,6-9,11-15,17-18H2,1-2H3,(H,25,29). The van der Waals surface area contributed by atoms with Gasteiger partial charge in [0.1, 0.15) is 0 Å². The second-order valence-corrected chi connectivity index (χ2v) is 9.35. The van der Waals surface area contributed by atoms with Crippen molar-refractivity contribution in [2.24, 2.45) is 5.92 Å². The summed E-state index contributed by atoms with van der Waals surface area (Å²) in [6, 6.07) is 2.34. The number of rotatable bonds is 7. The largest absolute Gasteiger partial charge is 0.450 e. The van der Waals surface area contributed by atoms with Gasteiger partial charge in [0.15, 0.2) is 0 Å². The molecule has 3 amide bonds. The highest BCUT2D eigenvalue weighted by molar-refractivity contribution is 7.07. The highest BCUT2D eigenvalue weighted by Gasteiger charge is 2.28. The maximum absolute atomic E-state index is 12.7. The Balaban J connectivity index is 1.39. The number of thiophene rings is 1. The molecule has 2 saturated heterocycles. The third-order valence-corrected chi connectivity index (χ3v) is 6.96. The lowest BCUT2D eigenvalue weighted by molar-refractivity contribution is 0.0945. The van der Waals surface area contributed by atoms with Gasteiger partial charge in [-0.3, -0.25) is 4.90 Å². The first kappa shape index (κ1) is 24.4. The van der Waals surface area contributed by atoms with Crippen LogP contribution in [0.25, 0.3) is 0 Å². The van der Waals surface area contributed by atoms with Gasteiger partial charge in [0.25, 0.3) is 0 Å². The number of amides is 3. The van der Waals surface area contributed by atoms with Gasteiger partial charge in [0.2, 0.25) is 0 Å². The molecule has 0 aromatic carbocycles. The molecule has 0 spiro atoms. The minimum Gasteiger partial charge on any atom is -0.450 e. The number of nitrogens with one attached hydrogen (secondary N) is 1. The van der Waals surface area contributed by atoms with E-state index < -0.39 is 0 Å². The molecular weight excluding hydrogens is 424 g/mol. The maximum atomic E-state index is 12.7. The van der Waals surface area contributed by atoms with E-state index in [0.717, 1.165) is 58.4 Å². The van der Waals surface area contributed by atoms with Gasteiger partial charge >= 0.3 is 12.1 Å². The molecule has 8 heteroatoms. The molecule has 0 saturated carbocycles. The van der Waals surface area contributed by atoms with Crippen LogP contribution in [0, 0.1) is 17.8 Å². The van der Waals surface area contributed by atoms with E-state index in [0.29, 0.717) is 25.6 Å². The zero-order valence-corrected chi connectivity index (χ0v) is 20.2. The molecule has 7 nitrogen and oxygen atoms in total. The van der Waals surface area contributed by atoms with Crippen LogP contribution in [-0.2, 0) is 11.3 Å². The maximum Gasteiger partial charge on any atom is 0.409 e. The number of carbonyl (C=O) groups excluding carboxylic acids is 2. The minimum atomic E-state index is -0.252. The molecular formula is C24H36N4O3S. The highest BCUT2D eigenvalue weighted by atomic mass is 32.1. The van der Waals surface area contributed by atoms with Gasteiger partial charge < -0.3 is 19.9 Å². The number of hydrogen-bond donors (Lipinski definition) is 1. The van der Waals surface area contributed by atoms with Crippen molar-refractivity contribution in [1.82, 2.24) is 20.0 Å². The number of likely N-dealkylation sites (tertiary alicyclic amines) is 2. The summed E-state index contributed by atoms with van der Waals surface area (Å²) in [5.41, 5.74) is 1.35. The van der Waals surface area contributed by atoms with E-state index in [-0.39, 0.29) is 18.2 Å². The van der Waals surface area contributed by atoms with Crippen molar-refractivity contribution < 1.29 is 14.3 Å². The van der Waals surface area contributed by atoms with Crippen LogP contribution in [0.1, 0.15) is 45.1 Å². The first-order valence-corrected chi connectivity index (χ1v) is 12.6. The summed E-state index contributed by atoms with van der Waals surface area (Å²) >= 11 is 1.73. The molecule has 32 heavy (non-hydrogen) atoms. The van der Waals surface area contributed by atoms with Gasteiger partial charge in [0, 0.05) is 45.3 Å². The molecule has 0 radical (unpaired) electrons. The Morgan fingerprint density at radius 1 is 1.19 bits per heavy atom. The molecule has 3 heterocycles. The van der Waals surface area contributed by atoms with Crippen LogP contribution in [0.3, 0.4) is 0 Å². The van der Waals surface area contributed by atoms with Crippen LogP contribution < -0.4 is 5.32 Å². The molecule has 1 N–H and O–H groups in total. The van der Waals surface area contributed by atoms with Gasteiger partial charge in [-0.1, -0.05) is 5.92 Å². The predicted molar refractivity (Wildman–Crippen MR) is 127 cm³/mol. The Kier molecular flexibility index (Phi) is 9.69. The Morgan fingerprint density at radius 3 is 2.53 bits per heavy atom. The average Bonchev–Trinajstić information content (AvgIpc) is 3.31. The van der Waals surface area contributed by atoms with E-state index in [9.17, 15) is 9.59 Å². The Labute approximate surface area is 196 Å². The number of carbonyl (C=O) groups is 2. The van der Waals surface area contributed by atoms with Crippen LogP contribution in [-0.4, -0.2) is 78.7 Å². The third kappa shape index (κ3) is 7.42. The van der Waals surface area contributed by atoms with Crippen molar-refractivity contribution in [3.8, 4) is 11.8 Å². The summed E-state index contributed by atoms with van der Waals surface area (Å²) in [6.07, 6.45) is 3.34. The second kappa shape index (κ2) is 12.7. The molecule has 3 rings (SSSR count). The number of piperidine rings is 2. The summed E-state index contributed by atoms with van der Waals surface area (Å²) in [4.78, 5) is 30.7. The summed E-state index contributed by atoms with van der Waals surface area (Å²) in [7, 11) is 0. The first-order valence-electron chi connectivity index (χ1n) is 11.7. The van der Waals surface area contributed by atoms with Gasteiger partial charge in [-0.2, -0.15) is 11.3 Å².